The van der Waals surface area contributed by atoms with Gasteiger partial charge in [0.05, 0.1) is 30.1 Å². The van der Waals surface area contributed by atoms with E-state index in [-0.39, 0.29) is 10.8 Å². The first-order valence-corrected chi connectivity index (χ1v) is 9.64. The predicted molar refractivity (Wildman–Crippen MR) is 97.1 cm³/mol. The number of para-hydroxylation sites is 2. The molecule has 1 aliphatic rings. The van der Waals surface area contributed by atoms with Crippen molar-refractivity contribution in [2.45, 2.75) is 10.8 Å². The summed E-state index contributed by atoms with van der Waals surface area (Å²) in [6, 6.07) is 12.4. The fraction of sp³-hybridized carbons (Fsp3) is 0.278. The SMILES string of the molecule is COc1ccc(S(=O)(=O)N2CC(c3nc4ccccc4[nH]3)C2)cc1OC. The second-order valence-electron chi connectivity index (χ2n) is 6.17. The molecule has 1 saturated heterocycles. The van der Waals surface area contributed by atoms with E-state index < -0.39 is 10.0 Å². The third kappa shape index (κ3) is 2.71. The summed E-state index contributed by atoms with van der Waals surface area (Å²) in [5, 5.41) is 0. The largest absolute Gasteiger partial charge is 0.493 e. The highest BCUT2D eigenvalue weighted by Gasteiger charge is 2.39. The average Bonchev–Trinajstić information content (AvgIpc) is 3.02. The molecule has 7 nitrogen and oxygen atoms in total. The highest BCUT2D eigenvalue weighted by atomic mass is 32.2. The summed E-state index contributed by atoms with van der Waals surface area (Å²) >= 11 is 0. The van der Waals surface area contributed by atoms with E-state index in [2.05, 4.69) is 9.97 Å². The summed E-state index contributed by atoms with van der Waals surface area (Å²) in [7, 11) is -0.580. The lowest BCUT2D eigenvalue weighted by molar-refractivity contribution is 0.257. The van der Waals surface area contributed by atoms with Crippen molar-refractivity contribution in [3.05, 3.63) is 48.3 Å². The van der Waals surface area contributed by atoms with Crippen LogP contribution >= 0.6 is 0 Å². The molecule has 2 heterocycles. The Bertz CT molecular complexity index is 1020. The van der Waals surface area contributed by atoms with Crippen LogP contribution in [0.25, 0.3) is 11.0 Å². The Morgan fingerprint density at radius 1 is 1.08 bits per heavy atom. The van der Waals surface area contributed by atoms with Gasteiger partial charge in [0.25, 0.3) is 0 Å². The molecule has 0 unspecified atom stereocenters. The van der Waals surface area contributed by atoms with E-state index in [1.54, 1.807) is 6.07 Å². The van der Waals surface area contributed by atoms with Gasteiger partial charge in [-0.05, 0) is 24.3 Å². The summed E-state index contributed by atoms with van der Waals surface area (Å²) in [6.07, 6.45) is 0. The Balaban J connectivity index is 1.54. The van der Waals surface area contributed by atoms with E-state index in [1.165, 1.54) is 30.7 Å². The van der Waals surface area contributed by atoms with Crippen molar-refractivity contribution in [1.29, 1.82) is 0 Å². The van der Waals surface area contributed by atoms with Crippen LogP contribution in [0.3, 0.4) is 0 Å². The van der Waals surface area contributed by atoms with Gasteiger partial charge in [-0.3, -0.25) is 0 Å². The smallest absolute Gasteiger partial charge is 0.243 e. The number of nitrogens with one attached hydrogen (secondary N) is 1. The van der Waals surface area contributed by atoms with Gasteiger partial charge in [0.2, 0.25) is 10.0 Å². The highest BCUT2D eigenvalue weighted by Crippen LogP contribution is 2.35. The highest BCUT2D eigenvalue weighted by molar-refractivity contribution is 7.89. The number of benzene rings is 2. The molecule has 4 rings (SSSR count). The molecule has 2 aromatic carbocycles. The lowest BCUT2D eigenvalue weighted by Gasteiger charge is -2.36. The van der Waals surface area contributed by atoms with Crippen molar-refractivity contribution in [3.8, 4) is 11.5 Å². The molecule has 8 heteroatoms. The van der Waals surface area contributed by atoms with Crippen LogP contribution in [0.5, 0.6) is 11.5 Å². The molecular weight excluding hydrogens is 354 g/mol. The number of methoxy groups -OCH3 is 2. The maximum atomic E-state index is 12.8. The summed E-state index contributed by atoms with van der Waals surface area (Å²) in [6.45, 7) is 0.799. The first kappa shape index (κ1) is 16.9. The molecule has 1 aliphatic heterocycles. The van der Waals surface area contributed by atoms with Crippen molar-refractivity contribution >= 4 is 21.1 Å². The molecule has 1 N–H and O–H groups in total. The van der Waals surface area contributed by atoms with Gasteiger partial charge in [0, 0.05) is 25.1 Å². The number of aromatic amines is 1. The second-order valence-corrected chi connectivity index (χ2v) is 8.11. The van der Waals surface area contributed by atoms with E-state index in [9.17, 15) is 8.42 Å². The molecule has 0 atom stereocenters. The van der Waals surface area contributed by atoms with Gasteiger partial charge in [-0.2, -0.15) is 4.31 Å². The molecule has 3 aromatic rings. The van der Waals surface area contributed by atoms with Gasteiger partial charge in [0.1, 0.15) is 5.82 Å². The summed E-state index contributed by atoms with van der Waals surface area (Å²) in [5.74, 6) is 1.78. The molecular formula is C18H19N3O4S. The topological polar surface area (TPSA) is 84.5 Å². The van der Waals surface area contributed by atoms with Gasteiger partial charge in [-0.25, -0.2) is 13.4 Å². The van der Waals surface area contributed by atoms with Crippen LogP contribution in [-0.2, 0) is 10.0 Å². The molecule has 0 aliphatic carbocycles. The maximum absolute atomic E-state index is 12.8. The van der Waals surface area contributed by atoms with Crippen molar-refractivity contribution in [3.63, 3.8) is 0 Å². The molecule has 0 saturated carbocycles. The normalized spacial score (nSPS) is 15.8. The quantitative estimate of drug-likeness (QED) is 0.742. The lowest BCUT2D eigenvalue weighted by Crippen LogP contribution is -2.48. The molecule has 0 bridgehead atoms. The Morgan fingerprint density at radius 3 is 2.50 bits per heavy atom. The maximum Gasteiger partial charge on any atom is 0.243 e. The van der Waals surface area contributed by atoms with Crippen LogP contribution in [-0.4, -0.2) is 50.0 Å². The third-order valence-electron chi connectivity index (χ3n) is 4.64. The fourth-order valence-electron chi connectivity index (χ4n) is 3.10. The fourth-order valence-corrected chi connectivity index (χ4v) is 4.65. The van der Waals surface area contributed by atoms with Gasteiger partial charge < -0.3 is 14.5 Å². The van der Waals surface area contributed by atoms with Gasteiger partial charge in [0.15, 0.2) is 11.5 Å². The van der Waals surface area contributed by atoms with Crippen LogP contribution in [0.15, 0.2) is 47.4 Å². The van der Waals surface area contributed by atoms with Gasteiger partial charge >= 0.3 is 0 Å². The van der Waals surface area contributed by atoms with E-state index in [0.29, 0.717) is 24.6 Å². The van der Waals surface area contributed by atoms with Crippen molar-refractivity contribution in [2.75, 3.05) is 27.3 Å². The molecule has 26 heavy (non-hydrogen) atoms. The average molecular weight is 373 g/mol. The first-order chi connectivity index (χ1) is 12.5. The zero-order valence-electron chi connectivity index (χ0n) is 14.5. The molecule has 136 valence electrons. The number of hydrogen-bond acceptors (Lipinski definition) is 5. The summed E-state index contributed by atoms with van der Waals surface area (Å²) in [4.78, 5) is 8.03. The van der Waals surface area contributed by atoms with E-state index >= 15 is 0 Å². The Labute approximate surface area is 151 Å². The number of H-pyrrole nitrogens is 1. The number of ether oxygens (including phenoxy) is 2. The molecule has 1 aromatic heterocycles. The minimum absolute atomic E-state index is 0.0670. The van der Waals surface area contributed by atoms with Crippen LogP contribution in [0.1, 0.15) is 11.7 Å². The minimum Gasteiger partial charge on any atom is -0.493 e. The number of imidazole rings is 1. The van der Waals surface area contributed by atoms with E-state index in [0.717, 1.165) is 16.9 Å². The monoisotopic (exact) mass is 373 g/mol. The molecule has 0 amide bonds. The van der Waals surface area contributed by atoms with Crippen LogP contribution < -0.4 is 9.47 Å². The van der Waals surface area contributed by atoms with Crippen molar-refractivity contribution in [2.24, 2.45) is 0 Å². The standard InChI is InChI=1S/C18H19N3O4S/c1-24-16-8-7-13(9-17(16)25-2)26(22,23)21-10-12(11-21)18-19-14-5-3-4-6-15(14)20-18/h3-9,12H,10-11H2,1-2H3,(H,19,20). The van der Waals surface area contributed by atoms with Crippen LogP contribution in [0.2, 0.25) is 0 Å². The Kier molecular flexibility index (Phi) is 4.08. The van der Waals surface area contributed by atoms with Gasteiger partial charge in [-0.1, -0.05) is 12.1 Å². The van der Waals surface area contributed by atoms with Crippen molar-refractivity contribution < 1.29 is 17.9 Å². The van der Waals surface area contributed by atoms with E-state index in [4.69, 9.17) is 9.47 Å². The minimum atomic E-state index is -3.57. The zero-order chi connectivity index (χ0) is 18.3. The molecule has 0 radical (unpaired) electrons. The van der Waals surface area contributed by atoms with Gasteiger partial charge in [-0.15, -0.1) is 0 Å². The third-order valence-corrected chi connectivity index (χ3v) is 6.46. The number of aromatic nitrogens is 2. The number of sulfonamides is 1. The summed E-state index contributed by atoms with van der Waals surface area (Å²) < 4.78 is 37.5. The van der Waals surface area contributed by atoms with Crippen LogP contribution in [0, 0.1) is 0 Å². The Hall–Kier alpha value is -2.58. The number of hydrogen-bond donors (Lipinski definition) is 1. The number of rotatable bonds is 5. The lowest BCUT2D eigenvalue weighted by atomic mass is 10.0. The first-order valence-electron chi connectivity index (χ1n) is 8.20. The van der Waals surface area contributed by atoms with Crippen molar-refractivity contribution in [1.82, 2.24) is 14.3 Å². The number of fused-ring (bicyclic) bond motifs is 1. The van der Waals surface area contributed by atoms with Crippen LogP contribution in [0.4, 0.5) is 0 Å². The Morgan fingerprint density at radius 2 is 1.81 bits per heavy atom. The molecule has 0 spiro atoms. The molecule has 1 fully saturated rings. The predicted octanol–water partition coefficient (Wildman–Crippen LogP) is 2.37. The summed E-state index contributed by atoms with van der Waals surface area (Å²) in [5.41, 5.74) is 1.85. The van der Waals surface area contributed by atoms with E-state index in [1.807, 2.05) is 24.3 Å². The zero-order valence-corrected chi connectivity index (χ0v) is 15.3. The second kappa shape index (κ2) is 6.30. The number of nitrogens with zero attached hydrogens (tertiary/aromatic N) is 2.